The maximum absolute atomic E-state index is 8.68. The Morgan fingerprint density at radius 3 is 2.50 bits per heavy atom. The molecule has 0 heterocycles. The third-order valence-corrected chi connectivity index (χ3v) is 3.41. The standard InChI is InChI=1S/C18H21NO3/c1-14(19-20)8-9-15-10-11-17(18(12-15)21-2)22-13-16-6-4-3-5-7-16/h3-7,10-12,20H,8-9,13H2,1-2H3. The Kier molecular flexibility index (Phi) is 5.83. The van der Waals surface area contributed by atoms with E-state index in [1.807, 2.05) is 48.5 Å². The fourth-order valence-corrected chi connectivity index (χ4v) is 2.10. The Morgan fingerprint density at radius 1 is 1.05 bits per heavy atom. The van der Waals surface area contributed by atoms with Crippen LogP contribution in [0.5, 0.6) is 11.5 Å². The number of aryl methyl sites for hydroxylation is 1. The topological polar surface area (TPSA) is 51.0 Å². The zero-order chi connectivity index (χ0) is 15.8. The van der Waals surface area contributed by atoms with Gasteiger partial charge in [0.05, 0.1) is 12.8 Å². The Hall–Kier alpha value is -2.49. The van der Waals surface area contributed by atoms with Crippen LogP contribution in [0.4, 0.5) is 0 Å². The van der Waals surface area contributed by atoms with Gasteiger partial charge in [-0.2, -0.15) is 0 Å². The van der Waals surface area contributed by atoms with Crippen LogP contribution in [0.25, 0.3) is 0 Å². The van der Waals surface area contributed by atoms with Gasteiger partial charge in [-0.15, -0.1) is 0 Å². The number of hydrogen-bond donors (Lipinski definition) is 1. The lowest BCUT2D eigenvalue weighted by Crippen LogP contribution is -1.99. The van der Waals surface area contributed by atoms with Crippen LogP contribution < -0.4 is 9.47 Å². The molecule has 0 radical (unpaired) electrons. The molecule has 2 aromatic carbocycles. The lowest BCUT2D eigenvalue weighted by atomic mass is 10.1. The molecule has 2 aromatic rings. The minimum absolute atomic E-state index is 0.507. The smallest absolute Gasteiger partial charge is 0.161 e. The second kappa shape index (κ2) is 8.08. The molecule has 0 spiro atoms. The van der Waals surface area contributed by atoms with Gasteiger partial charge in [0, 0.05) is 0 Å². The SMILES string of the molecule is COc1cc(CCC(C)=NO)ccc1OCc1ccccc1. The largest absolute Gasteiger partial charge is 0.493 e. The maximum atomic E-state index is 8.68. The highest BCUT2D eigenvalue weighted by atomic mass is 16.5. The van der Waals surface area contributed by atoms with Crippen LogP contribution in [0, 0.1) is 0 Å². The first-order valence-corrected chi connectivity index (χ1v) is 7.24. The minimum Gasteiger partial charge on any atom is -0.493 e. The third kappa shape index (κ3) is 4.52. The molecule has 0 unspecified atom stereocenters. The van der Waals surface area contributed by atoms with E-state index in [2.05, 4.69) is 5.16 Å². The highest BCUT2D eigenvalue weighted by Gasteiger charge is 2.07. The number of nitrogens with zero attached hydrogens (tertiary/aromatic N) is 1. The zero-order valence-corrected chi connectivity index (χ0v) is 13.0. The fraction of sp³-hybridized carbons (Fsp3) is 0.278. The lowest BCUT2D eigenvalue weighted by molar-refractivity contribution is 0.284. The highest BCUT2D eigenvalue weighted by Crippen LogP contribution is 2.29. The summed E-state index contributed by atoms with van der Waals surface area (Å²) in [5.41, 5.74) is 2.94. The Labute approximate surface area is 131 Å². The molecule has 0 amide bonds. The van der Waals surface area contributed by atoms with Crippen molar-refractivity contribution in [1.29, 1.82) is 0 Å². The van der Waals surface area contributed by atoms with Crippen molar-refractivity contribution in [2.75, 3.05) is 7.11 Å². The van der Waals surface area contributed by atoms with E-state index >= 15 is 0 Å². The third-order valence-electron chi connectivity index (χ3n) is 3.41. The normalized spacial score (nSPS) is 11.3. The van der Waals surface area contributed by atoms with Gasteiger partial charge >= 0.3 is 0 Å². The number of ether oxygens (including phenoxy) is 2. The van der Waals surface area contributed by atoms with Crippen LogP contribution in [-0.4, -0.2) is 18.0 Å². The summed E-state index contributed by atoms with van der Waals surface area (Å²) in [5.74, 6) is 1.44. The van der Waals surface area contributed by atoms with Gasteiger partial charge in [-0.25, -0.2) is 0 Å². The van der Waals surface area contributed by atoms with E-state index in [1.54, 1.807) is 14.0 Å². The van der Waals surface area contributed by atoms with E-state index in [-0.39, 0.29) is 0 Å². The average Bonchev–Trinajstić information content (AvgIpc) is 2.58. The van der Waals surface area contributed by atoms with Gasteiger partial charge in [0.25, 0.3) is 0 Å². The van der Waals surface area contributed by atoms with E-state index in [9.17, 15) is 0 Å². The summed E-state index contributed by atoms with van der Waals surface area (Å²) >= 11 is 0. The van der Waals surface area contributed by atoms with Crippen molar-refractivity contribution in [1.82, 2.24) is 0 Å². The molecule has 0 aliphatic rings. The van der Waals surface area contributed by atoms with Crippen LogP contribution in [0.3, 0.4) is 0 Å². The van der Waals surface area contributed by atoms with Crippen molar-refractivity contribution in [3.8, 4) is 11.5 Å². The summed E-state index contributed by atoms with van der Waals surface area (Å²) in [4.78, 5) is 0. The molecule has 4 heteroatoms. The first kappa shape index (κ1) is 15.9. The molecule has 116 valence electrons. The Balaban J connectivity index is 2.02. The molecule has 0 aliphatic heterocycles. The first-order chi connectivity index (χ1) is 10.7. The van der Waals surface area contributed by atoms with Crippen molar-refractivity contribution >= 4 is 5.71 Å². The van der Waals surface area contributed by atoms with Crippen LogP contribution >= 0.6 is 0 Å². The second-order valence-corrected chi connectivity index (χ2v) is 5.09. The van der Waals surface area contributed by atoms with Gasteiger partial charge in [0.15, 0.2) is 11.5 Å². The van der Waals surface area contributed by atoms with Gasteiger partial charge in [-0.3, -0.25) is 0 Å². The Bertz CT molecular complexity index is 623. The predicted octanol–water partition coefficient (Wildman–Crippen LogP) is 4.06. The molecule has 0 saturated heterocycles. The molecule has 0 fully saturated rings. The number of methoxy groups -OCH3 is 1. The molecule has 0 aromatic heterocycles. The summed E-state index contributed by atoms with van der Waals surface area (Å²) in [6, 6.07) is 15.9. The zero-order valence-electron chi connectivity index (χ0n) is 13.0. The Morgan fingerprint density at radius 2 is 1.82 bits per heavy atom. The van der Waals surface area contributed by atoms with E-state index in [4.69, 9.17) is 14.7 Å². The average molecular weight is 299 g/mol. The first-order valence-electron chi connectivity index (χ1n) is 7.24. The quantitative estimate of drug-likeness (QED) is 0.476. The van der Waals surface area contributed by atoms with Crippen molar-refractivity contribution < 1.29 is 14.7 Å². The van der Waals surface area contributed by atoms with Gasteiger partial charge in [0.2, 0.25) is 0 Å². The van der Waals surface area contributed by atoms with Gasteiger partial charge in [-0.1, -0.05) is 41.6 Å². The maximum Gasteiger partial charge on any atom is 0.161 e. The van der Waals surface area contributed by atoms with Crippen molar-refractivity contribution in [2.45, 2.75) is 26.4 Å². The number of oxime groups is 1. The lowest BCUT2D eigenvalue weighted by Gasteiger charge is -2.12. The van der Waals surface area contributed by atoms with Crippen LogP contribution in [0.1, 0.15) is 24.5 Å². The predicted molar refractivity (Wildman–Crippen MR) is 87.0 cm³/mol. The summed E-state index contributed by atoms with van der Waals surface area (Å²) in [6.07, 6.45) is 1.51. The van der Waals surface area contributed by atoms with Crippen molar-refractivity contribution in [3.63, 3.8) is 0 Å². The summed E-state index contributed by atoms with van der Waals surface area (Å²) in [6.45, 7) is 2.31. The number of hydrogen-bond acceptors (Lipinski definition) is 4. The van der Waals surface area contributed by atoms with E-state index < -0.39 is 0 Å². The second-order valence-electron chi connectivity index (χ2n) is 5.09. The summed E-state index contributed by atoms with van der Waals surface area (Å²) < 4.78 is 11.2. The van der Waals surface area contributed by atoms with Gasteiger partial charge in [0.1, 0.15) is 6.61 Å². The molecule has 0 atom stereocenters. The highest BCUT2D eigenvalue weighted by molar-refractivity contribution is 5.81. The van der Waals surface area contributed by atoms with Gasteiger partial charge in [-0.05, 0) is 43.0 Å². The number of rotatable bonds is 7. The van der Waals surface area contributed by atoms with E-state index in [1.165, 1.54) is 0 Å². The molecule has 22 heavy (non-hydrogen) atoms. The molecule has 0 saturated carbocycles. The van der Waals surface area contributed by atoms with Crippen LogP contribution in [0.15, 0.2) is 53.7 Å². The minimum atomic E-state index is 0.507. The molecule has 0 aliphatic carbocycles. The molecule has 1 N–H and O–H groups in total. The molecular weight excluding hydrogens is 278 g/mol. The fourth-order valence-electron chi connectivity index (χ4n) is 2.10. The summed E-state index contributed by atoms with van der Waals surface area (Å²) in [7, 11) is 1.63. The molecule has 0 bridgehead atoms. The monoisotopic (exact) mass is 299 g/mol. The van der Waals surface area contributed by atoms with Crippen LogP contribution in [-0.2, 0) is 13.0 Å². The van der Waals surface area contributed by atoms with Crippen LogP contribution in [0.2, 0.25) is 0 Å². The van der Waals surface area contributed by atoms with Crippen molar-refractivity contribution in [3.05, 3.63) is 59.7 Å². The molecule has 4 nitrogen and oxygen atoms in total. The number of benzene rings is 2. The van der Waals surface area contributed by atoms with E-state index in [0.29, 0.717) is 24.5 Å². The molecular formula is C18H21NO3. The van der Waals surface area contributed by atoms with E-state index in [0.717, 1.165) is 23.3 Å². The molecule has 2 rings (SSSR count). The summed E-state index contributed by atoms with van der Waals surface area (Å²) in [5, 5.41) is 11.9. The van der Waals surface area contributed by atoms with Crippen molar-refractivity contribution in [2.24, 2.45) is 5.16 Å². The van der Waals surface area contributed by atoms with Gasteiger partial charge < -0.3 is 14.7 Å².